The van der Waals surface area contributed by atoms with E-state index in [0.29, 0.717) is 23.2 Å². The molecule has 0 aliphatic rings. The van der Waals surface area contributed by atoms with Crippen LogP contribution in [0.3, 0.4) is 0 Å². The Kier molecular flexibility index (Phi) is 4.28. The Hall–Kier alpha value is -1.37. The minimum absolute atomic E-state index is 0.0975. The first-order chi connectivity index (χ1) is 7.85. The maximum absolute atomic E-state index is 11.8. The molecule has 1 aromatic heterocycles. The molecule has 0 N–H and O–H groups in total. The van der Waals surface area contributed by atoms with E-state index in [0.717, 1.165) is 0 Å². The van der Waals surface area contributed by atoms with Gasteiger partial charge in [0.15, 0.2) is 6.29 Å². The first-order valence-corrected chi connectivity index (χ1v) is 4.99. The Bertz CT molecular complexity index is 399. The van der Waals surface area contributed by atoms with Crippen LogP contribution in [-0.2, 0) is 11.3 Å². The molecular formula is C10H13F3N2O2. The number of halogens is 3. The van der Waals surface area contributed by atoms with E-state index in [4.69, 9.17) is 0 Å². The zero-order valence-corrected chi connectivity index (χ0v) is 9.54. The molecule has 4 nitrogen and oxygen atoms in total. The molecule has 0 bridgehead atoms. The van der Waals surface area contributed by atoms with Gasteiger partial charge in [-0.2, -0.15) is 18.3 Å². The number of hydrogen-bond acceptors (Lipinski definition) is 3. The van der Waals surface area contributed by atoms with Crippen LogP contribution < -0.4 is 0 Å². The predicted octanol–water partition coefficient (Wildman–Crippen LogP) is 1.89. The van der Waals surface area contributed by atoms with Crippen molar-refractivity contribution in [3.63, 3.8) is 0 Å². The first kappa shape index (κ1) is 13.7. The highest BCUT2D eigenvalue weighted by atomic mass is 19.4. The molecule has 0 aromatic carbocycles. The Labute approximate surface area is 96.4 Å². The highest BCUT2D eigenvalue weighted by Gasteiger charge is 2.27. The lowest BCUT2D eigenvalue weighted by Crippen LogP contribution is -2.19. The van der Waals surface area contributed by atoms with E-state index in [1.807, 2.05) is 0 Å². The van der Waals surface area contributed by atoms with Crippen LogP contribution in [0.4, 0.5) is 13.2 Å². The summed E-state index contributed by atoms with van der Waals surface area (Å²) < 4.78 is 41.3. The largest absolute Gasteiger partial charge is 0.411 e. The van der Waals surface area contributed by atoms with Crippen LogP contribution in [0.1, 0.15) is 21.7 Å². The van der Waals surface area contributed by atoms with Crippen LogP contribution in [0.2, 0.25) is 0 Å². The second kappa shape index (κ2) is 5.31. The van der Waals surface area contributed by atoms with E-state index < -0.39 is 12.8 Å². The molecule has 0 saturated heterocycles. The monoisotopic (exact) mass is 250 g/mol. The lowest BCUT2D eigenvalue weighted by atomic mass is 10.2. The number of aryl methyl sites for hydroxylation is 1. The molecule has 0 radical (unpaired) electrons. The van der Waals surface area contributed by atoms with Gasteiger partial charge in [0.2, 0.25) is 0 Å². The molecule has 1 rings (SSSR count). The van der Waals surface area contributed by atoms with Gasteiger partial charge in [0.1, 0.15) is 6.61 Å². The van der Waals surface area contributed by atoms with E-state index in [1.54, 1.807) is 13.8 Å². The Morgan fingerprint density at radius 2 is 2.06 bits per heavy atom. The standard InChI is InChI=1S/C10H13F3N2O2/c1-7-9(5-16)8(2)15(14-7)3-4-17-6-10(11,12)13/h5H,3-4,6H2,1-2H3. The van der Waals surface area contributed by atoms with Crippen LogP contribution in [-0.4, -0.2) is 35.5 Å². The Balaban J connectivity index is 2.50. The van der Waals surface area contributed by atoms with Crippen molar-refractivity contribution in [1.82, 2.24) is 9.78 Å². The van der Waals surface area contributed by atoms with E-state index in [2.05, 4.69) is 9.84 Å². The topological polar surface area (TPSA) is 44.1 Å². The van der Waals surface area contributed by atoms with Gasteiger partial charge < -0.3 is 4.74 Å². The fourth-order valence-corrected chi connectivity index (χ4v) is 1.44. The number of aromatic nitrogens is 2. The summed E-state index contributed by atoms with van der Waals surface area (Å²) in [5.74, 6) is 0. The quantitative estimate of drug-likeness (QED) is 0.592. The van der Waals surface area contributed by atoms with Gasteiger partial charge in [-0.05, 0) is 13.8 Å². The number of nitrogens with zero attached hydrogens (tertiary/aromatic N) is 2. The minimum atomic E-state index is -4.32. The average molecular weight is 250 g/mol. The molecule has 0 saturated carbocycles. The second-order valence-corrected chi connectivity index (χ2v) is 3.59. The van der Waals surface area contributed by atoms with Crippen molar-refractivity contribution in [2.24, 2.45) is 0 Å². The highest BCUT2D eigenvalue weighted by Crippen LogP contribution is 2.14. The SMILES string of the molecule is Cc1nn(CCOCC(F)(F)F)c(C)c1C=O. The van der Waals surface area contributed by atoms with Crippen molar-refractivity contribution < 1.29 is 22.7 Å². The van der Waals surface area contributed by atoms with Crippen LogP contribution in [0, 0.1) is 13.8 Å². The van der Waals surface area contributed by atoms with Crippen LogP contribution in [0.15, 0.2) is 0 Å². The number of ether oxygens (including phenoxy) is 1. The van der Waals surface area contributed by atoms with Gasteiger partial charge in [0, 0.05) is 5.69 Å². The van der Waals surface area contributed by atoms with Crippen molar-refractivity contribution in [3.8, 4) is 0 Å². The predicted molar refractivity (Wildman–Crippen MR) is 54.0 cm³/mol. The molecule has 7 heteroatoms. The smallest absolute Gasteiger partial charge is 0.370 e. The number of rotatable bonds is 5. The summed E-state index contributed by atoms with van der Waals surface area (Å²) in [5.41, 5.74) is 1.67. The van der Waals surface area contributed by atoms with E-state index in [1.165, 1.54) is 4.68 Å². The number of alkyl halides is 3. The summed E-state index contributed by atoms with van der Waals surface area (Å²) in [6, 6.07) is 0. The number of carbonyl (C=O) groups is 1. The molecule has 1 heterocycles. The maximum atomic E-state index is 11.8. The van der Waals surface area contributed by atoms with Crippen LogP contribution >= 0.6 is 0 Å². The summed E-state index contributed by atoms with van der Waals surface area (Å²) in [7, 11) is 0. The van der Waals surface area contributed by atoms with Crippen molar-refractivity contribution in [1.29, 1.82) is 0 Å². The summed E-state index contributed by atoms with van der Waals surface area (Å²) in [6.07, 6.45) is -3.63. The van der Waals surface area contributed by atoms with Gasteiger partial charge in [0.05, 0.1) is 24.4 Å². The summed E-state index contributed by atoms with van der Waals surface area (Å²) in [4.78, 5) is 10.7. The third-order valence-electron chi connectivity index (χ3n) is 2.27. The zero-order valence-electron chi connectivity index (χ0n) is 9.54. The van der Waals surface area contributed by atoms with Gasteiger partial charge in [-0.3, -0.25) is 9.48 Å². The van der Waals surface area contributed by atoms with Crippen molar-refractivity contribution in [2.45, 2.75) is 26.6 Å². The summed E-state index contributed by atoms with van der Waals surface area (Å²) in [6.45, 7) is 2.18. The molecular weight excluding hydrogens is 237 g/mol. The zero-order chi connectivity index (χ0) is 13.1. The normalized spacial score (nSPS) is 11.8. The third kappa shape index (κ3) is 3.85. The second-order valence-electron chi connectivity index (χ2n) is 3.59. The molecule has 0 amide bonds. The van der Waals surface area contributed by atoms with E-state index in [-0.39, 0.29) is 13.2 Å². The first-order valence-electron chi connectivity index (χ1n) is 4.99. The maximum Gasteiger partial charge on any atom is 0.411 e. The lowest BCUT2D eigenvalue weighted by Gasteiger charge is -2.08. The molecule has 0 atom stereocenters. The van der Waals surface area contributed by atoms with Crippen molar-refractivity contribution in [3.05, 3.63) is 17.0 Å². The molecule has 0 unspecified atom stereocenters. The van der Waals surface area contributed by atoms with E-state index in [9.17, 15) is 18.0 Å². The van der Waals surface area contributed by atoms with Gasteiger partial charge in [0.25, 0.3) is 0 Å². The molecule has 0 aliphatic carbocycles. The third-order valence-corrected chi connectivity index (χ3v) is 2.27. The summed E-state index contributed by atoms with van der Waals surface area (Å²) in [5, 5.41) is 4.04. The minimum Gasteiger partial charge on any atom is -0.370 e. The van der Waals surface area contributed by atoms with Gasteiger partial charge in [-0.1, -0.05) is 0 Å². The molecule has 96 valence electrons. The number of aldehydes is 1. The lowest BCUT2D eigenvalue weighted by molar-refractivity contribution is -0.174. The van der Waals surface area contributed by atoms with Crippen LogP contribution in [0.25, 0.3) is 0 Å². The highest BCUT2D eigenvalue weighted by molar-refractivity contribution is 5.77. The molecule has 1 aromatic rings. The summed E-state index contributed by atoms with van der Waals surface area (Å²) >= 11 is 0. The molecule has 0 spiro atoms. The Morgan fingerprint density at radius 3 is 2.53 bits per heavy atom. The number of carbonyl (C=O) groups excluding carboxylic acids is 1. The molecule has 17 heavy (non-hydrogen) atoms. The van der Waals surface area contributed by atoms with Crippen molar-refractivity contribution in [2.75, 3.05) is 13.2 Å². The van der Waals surface area contributed by atoms with E-state index >= 15 is 0 Å². The van der Waals surface area contributed by atoms with Gasteiger partial charge in [-0.25, -0.2) is 0 Å². The molecule has 0 aliphatic heterocycles. The molecule has 0 fully saturated rings. The van der Waals surface area contributed by atoms with Gasteiger partial charge in [-0.15, -0.1) is 0 Å². The van der Waals surface area contributed by atoms with Crippen molar-refractivity contribution >= 4 is 6.29 Å². The van der Waals surface area contributed by atoms with Gasteiger partial charge >= 0.3 is 6.18 Å². The average Bonchev–Trinajstić information content (AvgIpc) is 2.47. The van der Waals surface area contributed by atoms with Crippen LogP contribution in [0.5, 0.6) is 0 Å². The Morgan fingerprint density at radius 1 is 1.41 bits per heavy atom. The fourth-order valence-electron chi connectivity index (χ4n) is 1.44. The fraction of sp³-hybridized carbons (Fsp3) is 0.600. The number of hydrogen-bond donors (Lipinski definition) is 0.